The third-order valence-electron chi connectivity index (χ3n) is 4.03. The summed E-state index contributed by atoms with van der Waals surface area (Å²) in [4.78, 5) is 15.4. The van der Waals surface area contributed by atoms with Gasteiger partial charge in [0.15, 0.2) is 11.0 Å². The molecular formula is C19H15F3N8OS. The highest BCUT2D eigenvalue weighted by Gasteiger charge is 2.30. The number of nitrogen functional groups attached to an aromatic ring is 1. The Balaban J connectivity index is 1.46. The smallest absolute Gasteiger partial charge is 0.416 e. The van der Waals surface area contributed by atoms with Crippen LogP contribution in [0.15, 0.2) is 53.8 Å². The Labute approximate surface area is 183 Å². The number of pyridine rings is 1. The predicted octanol–water partition coefficient (Wildman–Crippen LogP) is 4.52. The summed E-state index contributed by atoms with van der Waals surface area (Å²) in [6.07, 6.45) is -1.15. The molecule has 0 saturated carbocycles. The van der Waals surface area contributed by atoms with E-state index < -0.39 is 11.7 Å². The summed E-state index contributed by atoms with van der Waals surface area (Å²) in [5.41, 5.74) is 5.63. The second-order valence-corrected chi connectivity index (χ2v) is 7.10. The van der Waals surface area contributed by atoms with Gasteiger partial charge in [0.25, 0.3) is 0 Å². The standard InChI is InChI=1S/C19H15F3N8OS/c1-32-18-26-14(23)8-15(27-18)31-12-5-6-13(24-9-12)16-28-17(30-29-16)25-11-4-2-3-10(7-11)19(20,21)22/h2-9H,1H3,(H2,23,26,27)(H2,25,28,29,30). The van der Waals surface area contributed by atoms with Crippen molar-refractivity contribution < 1.29 is 17.9 Å². The largest absolute Gasteiger partial charge is 0.437 e. The van der Waals surface area contributed by atoms with Crippen molar-refractivity contribution in [3.8, 4) is 23.1 Å². The highest BCUT2D eigenvalue weighted by molar-refractivity contribution is 7.98. The zero-order valence-corrected chi connectivity index (χ0v) is 17.2. The Hall–Kier alpha value is -3.87. The molecule has 0 aliphatic carbocycles. The van der Waals surface area contributed by atoms with E-state index in [4.69, 9.17) is 10.5 Å². The fourth-order valence-corrected chi connectivity index (χ4v) is 2.99. The van der Waals surface area contributed by atoms with E-state index >= 15 is 0 Å². The van der Waals surface area contributed by atoms with E-state index in [2.05, 4.69) is 35.5 Å². The average Bonchev–Trinajstić information content (AvgIpc) is 3.22. The highest BCUT2D eigenvalue weighted by Crippen LogP contribution is 2.31. The fourth-order valence-electron chi connectivity index (χ4n) is 2.61. The van der Waals surface area contributed by atoms with Gasteiger partial charge in [-0.05, 0) is 36.6 Å². The lowest BCUT2D eigenvalue weighted by molar-refractivity contribution is -0.137. The highest BCUT2D eigenvalue weighted by atomic mass is 32.2. The molecule has 0 aliphatic heterocycles. The molecule has 0 radical (unpaired) electrons. The number of halogens is 3. The molecule has 32 heavy (non-hydrogen) atoms. The molecule has 4 rings (SSSR count). The summed E-state index contributed by atoms with van der Waals surface area (Å²) in [5.74, 6) is 1.47. The van der Waals surface area contributed by atoms with Crippen molar-refractivity contribution in [3.05, 3.63) is 54.2 Å². The monoisotopic (exact) mass is 460 g/mol. The zero-order valence-electron chi connectivity index (χ0n) is 16.4. The van der Waals surface area contributed by atoms with Gasteiger partial charge in [0, 0.05) is 11.8 Å². The van der Waals surface area contributed by atoms with Crippen LogP contribution < -0.4 is 15.8 Å². The number of ether oxygens (including phenoxy) is 1. The maximum absolute atomic E-state index is 12.9. The van der Waals surface area contributed by atoms with Crippen LogP contribution in [0, 0.1) is 0 Å². The second-order valence-electron chi connectivity index (χ2n) is 6.32. The van der Waals surface area contributed by atoms with E-state index in [1.54, 1.807) is 12.1 Å². The summed E-state index contributed by atoms with van der Waals surface area (Å²) in [6.45, 7) is 0. The number of nitrogens with two attached hydrogens (primary N) is 1. The Morgan fingerprint density at radius 3 is 2.66 bits per heavy atom. The summed E-state index contributed by atoms with van der Waals surface area (Å²) < 4.78 is 44.2. The number of aromatic amines is 1. The van der Waals surface area contributed by atoms with Crippen molar-refractivity contribution in [2.45, 2.75) is 11.3 Å². The lowest BCUT2D eigenvalue weighted by Crippen LogP contribution is -2.05. The predicted molar refractivity (Wildman–Crippen MR) is 113 cm³/mol. The van der Waals surface area contributed by atoms with Gasteiger partial charge in [0.1, 0.15) is 17.3 Å². The summed E-state index contributed by atoms with van der Waals surface area (Å²) in [5, 5.41) is 11.1. The Morgan fingerprint density at radius 1 is 1.09 bits per heavy atom. The number of aromatic nitrogens is 6. The second kappa shape index (κ2) is 8.70. The summed E-state index contributed by atoms with van der Waals surface area (Å²) >= 11 is 1.33. The Bertz CT molecular complexity index is 1230. The van der Waals surface area contributed by atoms with Crippen LogP contribution >= 0.6 is 11.8 Å². The summed E-state index contributed by atoms with van der Waals surface area (Å²) in [7, 11) is 0. The van der Waals surface area contributed by atoms with Crippen molar-refractivity contribution in [2.24, 2.45) is 0 Å². The van der Waals surface area contributed by atoms with Crippen LogP contribution in [-0.2, 0) is 6.18 Å². The van der Waals surface area contributed by atoms with Crippen LogP contribution in [0.2, 0.25) is 0 Å². The maximum Gasteiger partial charge on any atom is 0.416 e. The first-order valence-electron chi connectivity index (χ1n) is 9.00. The molecule has 0 spiro atoms. The van der Waals surface area contributed by atoms with Crippen molar-refractivity contribution in [2.75, 3.05) is 17.3 Å². The fraction of sp³-hybridized carbons (Fsp3) is 0.105. The number of nitrogens with one attached hydrogen (secondary N) is 2. The molecule has 0 unspecified atom stereocenters. The molecular weight excluding hydrogens is 445 g/mol. The molecule has 0 aliphatic rings. The number of alkyl halides is 3. The van der Waals surface area contributed by atoms with Gasteiger partial charge in [-0.1, -0.05) is 17.8 Å². The van der Waals surface area contributed by atoms with Crippen molar-refractivity contribution >= 4 is 29.2 Å². The SMILES string of the molecule is CSc1nc(N)cc(Oc2ccc(-c3nnc(Nc4cccc(C(F)(F)F)c4)[nH]3)nc2)n1. The van der Waals surface area contributed by atoms with Gasteiger partial charge >= 0.3 is 6.18 Å². The average molecular weight is 460 g/mol. The number of anilines is 3. The van der Waals surface area contributed by atoms with Gasteiger partial charge in [-0.2, -0.15) is 18.2 Å². The minimum atomic E-state index is -4.44. The van der Waals surface area contributed by atoms with Crippen molar-refractivity contribution in [1.29, 1.82) is 0 Å². The van der Waals surface area contributed by atoms with E-state index in [-0.39, 0.29) is 23.3 Å². The first-order chi connectivity index (χ1) is 15.3. The minimum absolute atomic E-state index is 0.169. The third kappa shape index (κ3) is 5.06. The van der Waals surface area contributed by atoms with Gasteiger partial charge in [0.2, 0.25) is 11.8 Å². The third-order valence-corrected chi connectivity index (χ3v) is 4.57. The molecule has 3 aromatic heterocycles. The van der Waals surface area contributed by atoms with E-state index in [1.807, 2.05) is 6.26 Å². The minimum Gasteiger partial charge on any atom is -0.437 e. The van der Waals surface area contributed by atoms with Gasteiger partial charge < -0.3 is 20.8 Å². The van der Waals surface area contributed by atoms with Gasteiger partial charge in [-0.25, -0.2) is 9.97 Å². The lowest BCUT2D eigenvalue weighted by Gasteiger charge is -2.08. The topological polar surface area (TPSA) is 128 Å². The number of hydrogen-bond donors (Lipinski definition) is 3. The summed E-state index contributed by atoms with van der Waals surface area (Å²) in [6, 6.07) is 9.55. The maximum atomic E-state index is 12.9. The van der Waals surface area contributed by atoms with Crippen LogP contribution in [0.3, 0.4) is 0 Å². The number of hydrogen-bond acceptors (Lipinski definition) is 9. The molecule has 0 saturated heterocycles. The van der Waals surface area contributed by atoms with Crippen LogP contribution in [0.5, 0.6) is 11.6 Å². The lowest BCUT2D eigenvalue weighted by atomic mass is 10.2. The molecule has 1 aromatic carbocycles. The zero-order chi connectivity index (χ0) is 22.7. The van der Waals surface area contributed by atoms with E-state index in [1.165, 1.54) is 36.2 Å². The molecule has 9 nitrogen and oxygen atoms in total. The molecule has 0 bridgehead atoms. The Kier molecular flexibility index (Phi) is 5.81. The van der Waals surface area contributed by atoms with Crippen LogP contribution in [0.1, 0.15) is 5.56 Å². The normalized spacial score (nSPS) is 11.4. The number of rotatable bonds is 6. The molecule has 0 atom stereocenters. The first kappa shape index (κ1) is 21.4. The van der Waals surface area contributed by atoms with Gasteiger partial charge in [0.05, 0.1) is 11.8 Å². The molecule has 4 aromatic rings. The Morgan fingerprint density at radius 2 is 1.94 bits per heavy atom. The van der Waals surface area contributed by atoms with Crippen molar-refractivity contribution in [1.82, 2.24) is 30.1 Å². The van der Waals surface area contributed by atoms with Crippen LogP contribution in [0.25, 0.3) is 11.5 Å². The molecule has 0 amide bonds. The molecule has 13 heteroatoms. The van der Waals surface area contributed by atoms with E-state index in [0.717, 1.165) is 12.1 Å². The van der Waals surface area contributed by atoms with Crippen molar-refractivity contribution in [3.63, 3.8) is 0 Å². The molecule has 3 heterocycles. The first-order valence-corrected chi connectivity index (χ1v) is 10.2. The molecule has 4 N–H and O–H groups in total. The number of thioether (sulfide) groups is 1. The molecule has 164 valence electrons. The van der Waals surface area contributed by atoms with E-state index in [9.17, 15) is 13.2 Å². The number of H-pyrrole nitrogens is 1. The van der Waals surface area contributed by atoms with Gasteiger partial charge in [-0.3, -0.25) is 0 Å². The molecule has 0 fully saturated rings. The number of nitrogens with zero attached hydrogens (tertiary/aromatic N) is 5. The van der Waals surface area contributed by atoms with Crippen LogP contribution in [-0.4, -0.2) is 36.4 Å². The quantitative estimate of drug-likeness (QED) is 0.281. The van der Waals surface area contributed by atoms with Gasteiger partial charge in [-0.15, -0.1) is 10.2 Å². The van der Waals surface area contributed by atoms with E-state index in [0.29, 0.717) is 22.4 Å². The number of benzene rings is 1. The van der Waals surface area contributed by atoms with Crippen LogP contribution in [0.4, 0.5) is 30.6 Å².